The van der Waals surface area contributed by atoms with E-state index in [2.05, 4.69) is 11.1 Å². The Morgan fingerprint density at radius 2 is 1.09 bits per heavy atom. The van der Waals surface area contributed by atoms with E-state index < -0.39 is 10.4 Å². The van der Waals surface area contributed by atoms with Crippen LogP contribution in [-0.2, 0) is 14.6 Å². The van der Waals surface area contributed by atoms with Crippen LogP contribution in [0.15, 0.2) is 0 Å². The maximum atomic E-state index is 10.7. The Kier molecular flexibility index (Phi) is 6.40. The molecular formula is C28H46O4S. The van der Waals surface area contributed by atoms with E-state index in [9.17, 15) is 8.42 Å². The Morgan fingerprint density at radius 1 is 0.636 bits per heavy atom. The van der Waals surface area contributed by atoms with Gasteiger partial charge in [-0.25, -0.2) is 4.18 Å². The van der Waals surface area contributed by atoms with Crippen molar-refractivity contribution in [1.29, 1.82) is 0 Å². The molecule has 0 saturated heterocycles. The van der Waals surface area contributed by atoms with Gasteiger partial charge in [0.2, 0.25) is 0 Å². The summed E-state index contributed by atoms with van der Waals surface area (Å²) in [6, 6.07) is 0. The van der Waals surface area contributed by atoms with Gasteiger partial charge in [-0.05, 0) is 154 Å². The van der Waals surface area contributed by atoms with Gasteiger partial charge in [0, 0.05) is 0 Å². The molecule has 6 aliphatic rings. The highest BCUT2D eigenvalue weighted by atomic mass is 32.3. The smallest absolute Gasteiger partial charge is 0.264 e. The van der Waals surface area contributed by atoms with Gasteiger partial charge < -0.3 is 0 Å². The number of hydrogen-bond acceptors (Lipinski definition) is 3. The Hall–Kier alpha value is -0.130. The van der Waals surface area contributed by atoms with Crippen LogP contribution >= 0.6 is 0 Å². The molecule has 0 aromatic rings. The lowest BCUT2D eigenvalue weighted by Crippen LogP contribution is -2.48. The molecule has 6 saturated carbocycles. The maximum absolute atomic E-state index is 10.7. The van der Waals surface area contributed by atoms with Crippen molar-refractivity contribution in [3.63, 3.8) is 0 Å². The van der Waals surface area contributed by atoms with Gasteiger partial charge in [0.25, 0.3) is 0 Å². The van der Waals surface area contributed by atoms with Crippen molar-refractivity contribution in [2.45, 2.75) is 96.8 Å². The van der Waals surface area contributed by atoms with Gasteiger partial charge in [-0.3, -0.25) is 4.55 Å². The highest BCUT2D eigenvalue weighted by Crippen LogP contribution is 2.62. The van der Waals surface area contributed by atoms with E-state index in [0.29, 0.717) is 5.92 Å². The van der Waals surface area contributed by atoms with Crippen molar-refractivity contribution >= 4 is 10.4 Å². The van der Waals surface area contributed by atoms with Crippen molar-refractivity contribution in [3.05, 3.63) is 0 Å². The molecule has 0 spiro atoms. The van der Waals surface area contributed by atoms with Crippen molar-refractivity contribution in [2.24, 2.45) is 71.0 Å². The lowest BCUT2D eigenvalue weighted by Gasteiger charge is -2.56. The summed E-state index contributed by atoms with van der Waals surface area (Å²) in [5, 5.41) is 0. The first-order valence-corrected chi connectivity index (χ1v) is 15.9. The highest BCUT2D eigenvalue weighted by Gasteiger charge is 2.53. The van der Waals surface area contributed by atoms with E-state index in [1.807, 2.05) is 0 Å². The molecule has 33 heavy (non-hydrogen) atoms. The molecule has 12 unspecified atom stereocenters. The second-order valence-corrected chi connectivity index (χ2v) is 14.4. The normalized spacial score (nSPS) is 50.1. The number of hydrogen-bond donors (Lipinski definition) is 1. The minimum atomic E-state index is -4.26. The van der Waals surface area contributed by atoms with E-state index >= 15 is 0 Å². The average Bonchev–Trinajstić information content (AvgIpc) is 3.62. The van der Waals surface area contributed by atoms with Crippen LogP contribution in [0.25, 0.3) is 0 Å². The summed E-state index contributed by atoms with van der Waals surface area (Å²) in [6.45, 7) is 2.56. The Labute approximate surface area is 202 Å². The van der Waals surface area contributed by atoms with Gasteiger partial charge in [-0.15, -0.1) is 0 Å². The van der Waals surface area contributed by atoms with Gasteiger partial charge in [0.1, 0.15) is 0 Å². The summed E-state index contributed by atoms with van der Waals surface area (Å²) in [5.74, 6) is 12.1. The van der Waals surface area contributed by atoms with Crippen LogP contribution in [0.5, 0.6) is 0 Å². The van der Waals surface area contributed by atoms with E-state index in [1.165, 1.54) is 51.4 Å². The Morgan fingerprint density at radius 3 is 1.55 bits per heavy atom. The average molecular weight is 479 g/mol. The monoisotopic (exact) mass is 478 g/mol. The summed E-state index contributed by atoms with van der Waals surface area (Å²) in [7, 11) is -4.26. The molecule has 0 radical (unpaired) electrons. The molecule has 1 N–H and O–H groups in total. The SMILES string of the molecule is CCC1CCC1C1CCC1C1CCC1CC1CC1CC1CC1CC1CC1CCOS(=O)(=O)O. The van der Waals surface area contributed by atoms with E-state index in [-0.39, 0.29) is 6.61 Å². The summed E-state index contributed by atoms with van der Waals surface area (Å²) >= 11 is 0. The molecule has 0 heterocycles. The van der Waals surface area contributed by atoms with Gasteiger partial charge in [0.05, 0.1) is 6.61 Å². The summed E-state index contributed by atoms with van der Waals surface area (Å²) in [6.07, 6.45) is 20.1. The molecule has 188 valence electrons. The second kappa shape index (κ2) is 9.07. The van der Waals surface area contributed by atoms with Crippen molar-refractivity contribution in [1.82, 2.24) is 0 Å². The molecule has 6 rings (SSSR count). The van der Waals surface area contributed by atoms with Gasteiger partial charge >= 0.3 is 10.4 Å². The van der Waals surface area contributed by atoms with Crippen LogP contribution in [0.4, 0.5) is 0 Å². The molecule has 12 atom stereocenters. The molecule has 6 fully saturated rings. The lowest BCUT2D eigenvalue weighted by molar-refractivity contribution is -0.0663. The summed E-state index contributed by atoms with van der Waals surface area (Å²) in [5.41, 5.74) is 0. The third-order valence-corrected chi connectivity index (χ3v) is 12.2. The molecule has 5 heteroatoms. The first-order valence-electron chi connectivity index (χ1n) is 14.5. The Bertz CT molecular complexity index is 809. The van der Waals surface area contributed by atoms with E-state index in [1.54, 1.807) is 32.1 Å². The van der Waals surface area contributed by atoms with Crippen molar-refractivity contribution in [3.8, 4) is 0 Å². The fourth-order valence-electron chi connectivity index (χ4n) is 8.93. The second-order valence-electron chi connectivity index (χ2n) is 13.3. The zero-order valence-electron chi connectivity index (χ0n) is 20.6. The van der Waals surface area contributed by atoms with Crippen molar-refractivity contribution < 1.29 is 17.2 Å². The van der Waals surface area contributed by atoms with Crippen LogP contribution in [0.3, 0.4) is 0 Å². The van der Waals surface area contributed by atoms with E-state index in [0.717, 1.165) is 71.5 Å². The van der Waals surface area contributed by atoms with E-state index in [4.69, 9.17) is 4.55 Å². The number of rotatable bonds is 13. The lowest BCUT2D eigenvalue weighted by atomic mass is 9.49. The first kappa shape index (κ1) is 23.3. The van der Waals surface area contributed by atoms with Gasteiger partial charge in [0.15, 0.2) is 0 Å². The van der Waals surface area contributed by atoms with Crippen LogP contribution in [0, 0.1) is 71.0 Å². The first-order chi connectivity index (χ1) is 15.9. The zero-order chi connectivity index (χ0) is 22.7. The predicted octanol–water partition coefficient (Wildman–Crippen LogP) is 6.76. The predicted molar refractivity (Wildman–Crippen MR) is 130 cm³/mol. The van der Waals surface area contributed by atoms with Crippen LogP contribution in [0.2, 0.25) is 0 Å². The topological polar surface area (TPSA) is 63.6 Å². The van der Waals surface area contributed by atoms with Gasteiger partial charge in [-0.1, -0.05) is 13.3 Å². The molecule has 4 nitrogen and oxygen atoms in total. The summed E-state index contributed by atoms with van der Waals surface area (Å²) < 4.78 is 34.5. The minimum absolute atomic E-state index is 0.140. The van der Waals surface area contributed by atoms with Crippen LogP contribution in [0.1, 0.15) is 96.8 Å². The molecule has 0 aromatic carbocycles. The molecule has 0 aromatic heterocycles. The molecule has 0 aliphatic heterocycles. The highest BCUT2D eigenvalue weighted by molar-refractivity contribution is 7.80. The quantitative estimate of drug-likeness (QED) is 0.297. The molecule has 0 amide bonds. The van der Waals surface area contributed by atoms with Crippen LogP contribution < -0.4 is 0 Å². The molecular weight excluding hydrogens is 432 g/mol. The molecule has 0 bridgehead atoms. The Balaban J connectivity index is 0.860. The molecule has 6 aliphatic carbocycles. The van der Waals surface area contributed by atoms with Crippen molar-refractivity contribution in [2.75, 3.05) is 6.61 Å². The zero-order valence-corrected chi connectivity index (χ0v) is 21.4. The summed E-state index contributed by atoms with van der Waals surface area (Å²) in [4.78, 5) is 0. The third kappa shape index (κ3) is 5.21. The standard InChI is InChI=1S/C28H46O4S/c1-2-17-3-5-25(17)27-7-8-28(27)26-6-4-19(26)12-21-14-23(21)16-24-15-22(24)13-20-11-18(20)9-10-32-33(29,30)31/h17-28H,2-16H2,1H3,(H,29,30,31). The fraction of sp³-hybridized carbons (Fsp3) is 1.00. The van der Waals surface area contributed by atoms with Gasteiger partial charge in [-0.2, -0.15) is 8.42 Å². The minimum Gasteiger partial charge on any atom is -0.264 e. The fourth-order valence-corrected chi connectivity index (χ4v) is 9.24. The van der Waals surface area contributed by atoms with Crippen LogP contribution in [-0.4, -0.2) is 19.6 Å². The third-order valence-electron chi connectivity index (χ3n) is 11.7. The largest absolute Gasteiger partial charge is 0.397 e. The maximum Gasteiger partial charge on any atom is 0.397 e.